The molecule has 0 aliphatic carbocycles. The minimum atomic E-state index is -0.400. The van der Waals surface area contributed by atoms with E-state index >= 15 is 0 Å². The van der Waals surface area contributed by atoms with Crippen LogP contribution in [-0.4, -0.2) is 31.1 Å². The highest BCUT2D eigenvalue weighted by molar-refractivity contribution is 6.33. The van der Waals surface area contributed by atoms with Crippen molar-refractivity contribution in [2.45, 2.75) is 25.3 Å². The summed E-state index contributed by atoms with van der Waals surface area (Å²) in [5.74, 6) is 0. The standard InChI is InChI=1S/C13H18ClN3O2/c1-16(10-4-3-8-15-9-7-10)12-6-2-5-11(14)13(12)17(18)19/h2,5-6,10,15H,3-4,7-9H2,1H3. The highest BCUT2D eigenvalue weighted by atomic mass is 35.5. The van der Waals surface area contributed by atoms with Gasteiger partial charge in [-0.05, 0) is 44.5 Å². The largest absolute Gasteiger partial charge is 0.366 e. The monoisotopic (exact) mass is 283 g/mol. The summed E-state index contributed by atoms with van der Waals surface area (Å²) < 4.78 is 0. The molecule has 0 aromatic heterocycles. The van der Waals surface area contributed by atoms with Gasteiger partial charge in [0.25, 0.3) is 0 Å². The molecule has 1 N–H and O–H groups in total. The molecule has 1 saturated heterocycles. The predicted octanol–water partition coefficient (Wildman–Crippen LogP) is 2.83. The maximum atomic E-state index is 11.2. The van der Waals surface area contributed by atoms with Gasteiger partial charge in [0.2, 0.25) is 0 Å². The van der Waals surface area contributed by atoms with Crippen LogP contribution in [-0.2, 0) is 0 Å². The number of nitro groups is 1. The lowest BCUT2D eigenvalue weighted by atomic mass is 10.1. The number of benzene rings is 1. The van der Waals surface area contributed by atoms with E-state index in [2.05, 4.69) is 5.32 Å². The molecule has 0 radical (unpaired) electrons. The smallest absolute Gasteiger partial charge is 0.310 e. The third kappa shape index (κ3) is 3.16. The Morgan fingerprint density at radius 3 is 2.95 bits per heavy atom. The van der Waals surface area contributed by atoms with Gasteiger partial charge in [-0.1, -0.05) is 17.7 Å². The molecule has 2 rings (SSSR count). The summed E-state index contributed by atoms with van der Waals surface area (Å²) in [5.41, 5.74) is 0.605. The van der Waals surface area contributed by atoms with Gasteiger partial charge in [-0.25, -0.2) is 0 Å². The molecule has 1 fully saturated rings. The second-order valence-corrected chi connectivity index (χ2v) is 5.22. The first-order valence-electron chi connectivity index (χ1n) is 6.47. The van der Waals surface area contributed by atoms with Crippen LogP contribution in [0.2, 0.25) is 5.02 Å². The van der Waals surface area contributed by atoms with Gasteiger partial charge in [-0.2, -0.15) is 0 Å². The lowest BCUT2D eigenvalue weighted by molar-refractivity contribution is -0.384. The molecular weight excluding hydrogens is 266 g/mol. The van der Waals surface area contributed by atoms with Crippen molar-refractivity contribution in [3.63, 3.8) is 0 Å². The predicted molar refractivity (Wildman–Crippen MR) is 77.0 cm³/mol. The van der Waals surface area contributed by atoms with Crippen LogP contribution in [0, 0.1) is 10.1 Å². The fourth-order valence-corrected chi connectivity index (χ4v) is 2.79. The average molecular weight is 284 g/mol. The Morgan fingerprint density at radius 1 is 1.42 bits per heavy atom. The molecule has 1 heterocycles. The maximum Gasteiger partial charge on any atom is 0.310 e. The van der Waals surface area contributed by atoms with Crippen LogP contribution in [0.3, 0.4) is 0 Å². The quantitative estimate of drug-likeness (QED) is 0.684. The van der Waals surface area contributed by atoms with E-state index in [4.69, 9.17) is 11.6 Å². The van der Waals surface area contributed by atoms with Crippen molar-refractivity contribution >= 4 is 23.0 Å². The molecule has 1 aromatic carbocycles. The molecule has 0 spiro atoms. The number of nitro benzene ring substituents is 1. The summed E-state index contributed by atoms with van der Waals surface area (Å²) in [7, 11) is 1.91. The Kier molecular flexibility index (Phi) is 4.61. The van der Waals surface area contributed by atoms with Gasteiger partial charge in [0.15, 0.2) is 0 Å². The fourth-order valence-electron chi connectivity index (χ4n) is 2.55. The van der Waals surface area contributed by atoms with Crippen LogP contribution in [0.1, 0.15) is 19.3 Å². The number of rotatable bonds is 3. The number of halogens is 1. The number of nitrogens with zero attached hydrogens (tertiary/aromatic N) is 2. The summed E-state index contributed by atoms with van der Waals surface area (Å²) in [4.78, 5) is 12.8. The van der Waals surface area contributed by atoms with Crippen LogP contribution in [0.5, 0.6) is 0 Å². The van der Waals surface area contributed by atoms with Crippen molar-refractivity contribution in [1.29, 1.82) is 0 Å². The number of para-hydroxylation sites is 1. The van der Waals surface area contributed by atoms with E-state index in [-0.39, 0.29) is 10.7 Å². The number of hydrogen-bond acceptors (Lipinski definition) is 4. The first kappa shape index (κ1) is 14.1. The molecule has 104 valence electrons. The second-order valence-electron chi connectivity index (χ2n) is 4.81. The van der Waals surface area contributed by atoms with Crippen molar-refractivity contribution in [3.05, 3.63) is 33.3 Å². The Bertz CT molecular complexity index is 459. The first-order chi connectivity index (χ1) is 9.11. The second kappa shape index (κ2) is 6.21. The molecule has 19 heavy (non-hydrogen) atoms. The summed E-state index contributed by atoms with van der Waals surface area (Å²) in [6.45, 7) is 1.96. The number of nitrogens with one attached hydrogen (secondary N) is 1. The zero-order chi connectivity index (χ0) is 13.8. The van der Waals surface area contributed by atoms with Crippen molar-refractivity contribution in [1.82, 2.24) is 5.32 Å². The zero-order valence-electron chi connectivity index (χ0n) is 10.9. The molecule has 5 nitrogen and oxygen atoms in total. The van der Waals surface area contributed by atoms with E-state index in [9.17, 15) is 10.1 Å². The van der Waals surface area contributed by atoms with Crippen molar-refractivity contribution in [2.24, 2.45) is 0 Å². The summed E-state index contributed by atoms with van der Waals surface area (Å²) in [6, 6.07) is 5.40. The number of anilines is 1. The Hall–Kier alpha value is -1.33. The van der Waals surface area contributed by atoms with Gasteiger partial charge >= 0.3 is 5.69 Å². The molecule has 1 aliphatic heterocycles. The zero-order valence-corrected chi connectivity index (χ0v) is 11.7. The van der Waals surface area contributed by atoms with Gasteiger partial charge in [-0.15, -0.1) is 0 Å². The van der Waals surface area contributed by atoms with E-state index in [0.717, 1.165) is 32.4 Å². The van der Waals surface area contributed by atoms with Crippen LogP contribution < -0.4 is 10.2 Å². The van der Waals surface area contributed by atoms with E-state index < -0.39 is 4.92 Å². The molecule has 6 heteroatoms. The van der Waals surface area contributed by atoms with Crippen molar-refractivity contribution < 1.29 is 4.92 Å². The topological polar surface area (TPSA) is 58.4 Å². The normalized spacial score (nSPS) is 19.8. The summed E-state index contributed by atoms with van der Waals surface area (Å²) >= 11 is 5.96. The molecule has 0 bridgehead atoms. The minimum Gasteiger partial charge on any atom is -0.366 e. The van der Waals surface area contributed by atoms with E-state index in [0.29, 0.717) is 11.7 Å². The van der Waals surface area contributed by atoms with Crippen LogP contribution in [0.25, 0.3) is 0 Å². The molecule has 1 aromatic rings. The Labute approximate surface area is 117 Å². The lowest BCUT2D eigenvalue weighted by Crippen LogP contribution is -2.32. The van der Waals surface area contributed by atoms with E-state index in [1.807, 2.05) is 11.9 Å². The molecule has 1 unspecified atom stereocenters. The Balaban J connectivity index is 2.29. The van der Waals surface area contributed by atoms with E-state index in [1.165, 1.54) is 0 Å². The van der Waals surface area contributed by atoms with Crippen LogP contribution in [0.4, 0.5) is 11.4 Å². The van der Waals surface area contributed by atoms with Crippen LogP contribution >= 0.6 is 11.6 Å². The first-order valence-corrected chi connectivity index (χ1v) is 6.85. The van der Waals surface area contributed by atoms with Crippen molar-refractivity contribution in [3.8, 4) is 0 Å². The van der Waals surface area contributed by atoms with Crippen molar-refractivity contribution in [2.75, 3.05) is 25.0 Å². The van der Waals surface area contributed by atoms with Gasteiger partial charge in [0, 0.05) is 13.1 Å². The highest BCUT2D eigenvalue weighted by Crippen LogP contribution is 2.36. The lowest BCUT2D eigenvalue weighted by Gasteiger charge is -2.28. The number of hydrogen-bond donors (Lipinski definition) is 1. The molecule has 0 saturated carbocycles. The molecule has 1 aliphatic rings. The van der Waals surface area contributed by atoms with Gasteiger partial charge in [0.05, 0.1) is 4.92 Å². The molecule has 0 amide bonds. The minimum absolute atomic E-state index is 0.00359. The van der Waals surface area contributed by atoms with Gasteiger partial charge in [-0.3, -0.25) is 10.1 Å². The Morgan fingerprint density at radius 2 is 2.21 bits per heavy atom. The van der Waals surface area contributed by atoms with E-state index in [1.54, 1.807) is 18.2 Å². The summed E-state index contributed by atoms with van der Waals surface area (Å²) in [6.07, 6.45) is 3.11. The average Bonchev–Trinajstić information content (AvgIpc) is 2.66. The fraction of sp³-hybridized carbons (Fsp3) is 0.538. The third-order valence-corrected chi connectivity index (χ3v) is 3.93. The SMILES string of the molecule is CN(c1cccc(Cl)c1[N+](=O)[O-])C1CCCNCC1. The van der Waals surface area contributed by atoms with Crippen LogP contribution in [0.15, 0.2) is 18.2 Å². The maximum absolute atomic E-state index is 11.2. The molecular formula is C13H18ClN3O2. The van der Waals surface area contributed by atoms with Gasteiger partial charge < -0.3 is 10.2 Å². The third-order valence-electron chi connectivity index (χ3n) is 3.62. The highest BCUT2D eigenvalue weighted by Gasteiger charge is 2.25. The summed E-state index contributed by atoms with van der Waals surface area (Å²) in [5, 5.41) is 14.7. The molecule has 1 atom stereocenters. The van der Waals surface area contributed by atoms with Gasteiger partial charge in [0.1, 0.15) is 10.7 Å².